The summed E-state index contributed by atoms with van der Waals surface area (Å²) in [6, 6.07) is 17.3. The predicted octanol–water partition coefficient (Wildman–Crippen LogP) is 3.03. The number of para-hydroxylation sites is 1. The van der Waals surface area contributed by atoms with E-state index in [2.05, 4.69) is 10.4 Å². The van der Waals surface area contributed by atoms with Crippen molar-refractivity contribution >= 4 is 17.6 Å². The van der Waals surface area contributed by atoms with Crippen molar-refractivity contribution in [2.75, 3.05) is 19.0 Å². The van der Waals surface area contributed by atoms with E-state index in [4.69, 9.17) is 4.74 Å². The Labute approximate surface area is 181 Å². The molecule has 7 heteroatoms. The lowest BCUT2D eigenvalue weighted by atomic mass is 9.94. The van der Waals surface area contributed by atoms with Gasteiger partial charge in [0, 0.05) is 6.54 Å². The van der Waals surface area contributed by atoms with E-state index < -0.39 is 6.04 Å². The Morgan fingerprint density at radius 2 is 1.74 bits per heavy atom. The molecule has 2 aromatic carbocycles. The van der Waals surface area contributed by atoms with E-state index in [1.54, 1.807) is 0 Å². The molecule has 1 aliphatic rings. The molecule has 0 aliphatic carbocycles. The van der Waals surface area contributed by atoms with E-state index in [-0.39, 0.29) is 18.4 Å². The minimum atomic E-state index is -0.486. The fourth-order valence-corrected chi connectivity index (χ4v) is 4.12. The molecule has 0 saturated carbocycles. The van der Waals surface area contributed by atoms with E-state index in [1.165, 1.54) is 7.11 Å². The van der Waals surface area contributed by atoms with Crippen LogP contribution in [0.4, 0.5) is 5.69 Å². The second-order valence-electron chi connectivity index (χ2n) is 7.76. The van der Waals surface area contributed by atoms with Crippen LogP contribution in [0.2, 0.25) is 0 Å². The Bertz CT molecular complexity index is 1110. The Balaban J connectivity index is 1.53. The van der Waals surface area contributed by atoms with Crippen LogP contribution in [0.5, 0.6) is 0 Å². The topological polar surface area (TPSA) is 76.5 Å². The number of nitrogens with zero attached hydrogens (tertiary/aromatic N) is 3. The summed E-state index contributed by atoms with van der Waals surface area (Å²) in [5.41, 5.74) is 5.46. The standard InChI is InChI=1S/C24H26N4O3/c1-16-23(17(2)28(26-16)20-11-5-4-6-12-20)25-22(29)15-27-14-19-10-8-7-9-18(19)13-21(27)24(30)31-3/h4-12,21H,13-15H2,1-3H3,(H,25,29)/t21-/m0/s1. The van der Waals surface area contributed by atoms with Gasteiger partial charge < -0.3 is 10.1 Å². The van der Waals surface area contributed by atoms with Crippen LogP contribution < -0.4 is 5.32 Å². The van der Waals surface area contributed by atoms with Crippen LogP contribution >= 0.6 is 0 Å². The molecule has 2 heterocycles. The van der Waals surface area contributed by atoms with Crippen LogP contribution in [0, 0.1) is 13.8 Å². The number of carbonyl (C=O) groups is 2. The van der Waals surface area contributed by atoms with E-state index >= 15 is 0 Å². The summed E-state index contributed by atoms with van der Waals surface area (Å²) in [6.45, 7) is 4.40. The molecule has 3 aromatic rings. The number of anilines is 1. The number of nitrogens with one attached hydrogen (secondary N) is 1. The monoisotopic (exact) mass is 418 g/mol. The zero-order chi connectivity index (χ0) is 22.0. The lowest BCUT2D eigenvalue weighted by molar-refractivity contribution is -0.148. The van der Waals surface area contributed by atoms with Crippen molar-refractivity contribution in [1.29, 1.82) is 0 Å². The molecule has 160 valence electrons. The van der Waals surface area contributed by atoms with Crippen LogP contribution in [0.1, 0.15) is 22.5 Å². The first kappa shape index (κ1) is 20.8. The maximum atomic E-state index is 13.0. The Morgan fingerprint density at radius 3 is 2.45 bits per heavy atom. The van der Waals surface area contributed by atoms with E-state index in [0.717, 1.165) is 28.2 Å². The number of aromatic nitrogens is 2. The fraction of sp³-hybridized carbons (Fsp3) is 0.292. The number of aryl methyl sites for hydroxylation is 1. The van der Waals surface area contributed by atoms with Crippen LogP contribution in [0.15, 0.2) is 54.6 Å². The third-order valence-electron chi connectivity index (χ3n) is 5.72. The average molecular weight is 418 g/mol. The highest BCUT2D eigenvalue weighted by molar-refractivity contribution is 5.94. The molecule has 0 saturated heterocycles. The molecule has 1 aromatic heterocycles. The van der Waals surface area contributed by atoms with Gasteiger partial charge in [0.25, 0.3) is 0 Å². The van der Waals surface area contributed by atoms with E-state index in [1.807, 2.05) is 78.0 Å². The van der Waals surface area contributed by atoms with Crippen LogP contribution in [0.25, 0.3) is 5.69 Å². The highest BCUT2D eigenvalue weighted by Crippen LogP contribution is 2.25. The number of hydrogen-bond acceptors (Lipinski definition) is 5. The van der Waals surface area contributed by atoms with E-state index in [0.29, 0.717) is 18.7 Å². The number of esters is 1. The second kappa shape index (κ2) is 8.73. The van der Waals surface area contributed by atoms with Crippen molar-refractivity contribution in [2.45, 2.75) is 32.9 Å². The number of amides is 1. The SMILES string of the molecule is COC(=O)[C@@H]1Cc2ccccc2CN1CC(=O)Nc1c(C)nn(-c2ccccc2)c1C. The number of carbonyl (C=O) groups excluding carboxylic acids is 2. The molecule has 0 spiro atoms. The van der Waals surface area contributed by atoms with Gasteiger partial charge in [-0.3, -0.25) is 14.5 Å². The molecule has 1 amide bonds. The molecule has 0 bridgehead atoms. The molecular weight excluding hydrogens is 392 g/mol. The molecular formula is C24H26N4O3. The lowest BCUT2D eigenvalue weighted by Gasteiger charge is -2.34. The number of fused-ring (bicyclic) bond motifs is 1. The highest BCUT2D eigenvalue weighted by Gasteiger charge is 2.33. The minimum Gasteiger partial charge on any atom is -0.468 e. The molecule has 31 heavy (non-hydrogen) atoms. The van der Waals surface area contributed by atoms with E-state index in [9.17, 15) is 9.59 Å². The van der Waals surface area contributed by atoms with Crippen LogP contribution in [0.3, 0.4) is 0 Å². The number of rotatable bonds is 5. The first-order chi connectivity index (χ1) is 15.0. The predicted molar refractivity (Wildman–Crippen MR) is 118 cm³/mol. The van der Waals surface area contributed by atoms with Crippen molar-refractivity contribution in [3.05, 3.63) is 77.1 Å². The summed E-state index contributed by atoms with van der Waals surface area (Å²) >= 11 is 0. The van der Waals surface area contributed by atoms with Gasteiger partial charge in [0.15, 0.2) is 0 Å². The Hall–Kier alpha value is -3.45. The van der Waals surface area contributed by atoms with Crippen molar-refractivity contribution in [3.63, 3.8) is 0 Å². The lowest BCUT2D eigenvalue weighted by Crippen LogP contribution is -2.49. The first-order valence-electron chi connectivity index (χ1n) is 10.3. The fourth-order valence-electron chi connectivity index (χ4n) is 4.12. The maximum Gasteiger partial charge on any atom is 0.323 e. The van der Waals surface area contributed by atoms with Crippen molar-refractivity contribution < 1.29 is 14.3 Å². The van der Waals surface area contributed by atoms with Gasteiger partial charge in [-0.2, -0.15) is 5.10 Å². The van der Waals surface area contributed by atoms with Crippen LogP contribution in [-0.4, -0.2) is 46.3 Å². The zero-order valence-corrected chi connectivity index (χ0v) is 18.0. The Morgan fingerprint density at radius 1 is 1.06 bits per heavy atom. The highest BCUT2D eigenvalue weighted by atomic mass is 16.5. The summed E-state index contributed by atoms with van der Waals surface area (Å²) in [5.74, 6) is -0.515. The maximum absolute atomic E-state index is 13.0. The van der Waals surface area contributed by atoms with Gasteiger partial charge in [-0.15, -0.1) is 0 Å². The molecule has 0 radical (unpaired) electrons. The molecule has 1 atom stereocenters. The summed E-state index contributed by atoms with van der Waals surface area (Å²) in [5, 5.41) is 7.58. The van der Waals surface area contributed by atoms with Gasteiger partial charge >= 0.3 is 5.97 Å². The average Bonchev–Trinajstić information content (AvgIpc) is 3.07. The summed E-state index contributed by atoms with van der Waals surface area (Å²) in [6.07, 6.45) is 0.528. The van der Waals surface area contributed by atoms with Gasteiger partial charge in [0.05, 0.1) is 36.4 Å². The molecule has 7 nitrogen and oxygen atoms in total. The molecule has 4 rings (SSSR count). The van der Waals surface area contributed by atoms with Crippen molar-refractivity contribution in [1.82, 2.24) is 14.7 Å². The number of methoxy groups -OCH3 is 1. The first-order valence-corrected chi connectivity index (χ1v) is 10.3. The zero-order valence-electron chi connectivity index (χ0n) is 18.0. The van der Waals surface area contributed by atoms with Gasteiger partial charge in [0.2, 0.25) is 5.91 Å². The van der Waals surface area contributed by atoms with Gasteiger partial charge in [0.1, 0.15) is 6.04 Å². The van der Waals surface area contributed by atoms with Crippen molar-refractivity contribution in [3.8, 4) is 5.69 Å². The smallest absolute Gasteiger partial charge is 0.323 e. The molecule has 1 N–H and O–H groups in total. The van der Waals surface area contributed by atoms with Crippen LogP contribution in [-0.2, 0) is 27.3 Å². The molecule has 0 unspecified atom stereocenters. The summed E-state index contributed by atoms with van der Waals surface area (Å²) in [4.78, 5) is 27.2. The van der Waals surface area contributed by atoms with Gasteiger partial charge in [-0.1, -0.05) is 42.5 Å². The van der Waals surface area contributed by atoms with Gasteiger partial charge in [-0.25, -0.2) is 4.68 Å². The largest absolute Gasteiger partial charge is 0.468 e. The summed E-state index contributed by atoms with van der Waals surface area (Å²) < 4.78 is 6.82. The number of hydrogen-bond donors (Lipinski definition) is 1. The molecule has 0 fully saturated rings. The summed E-state index contributed by atoms with van der Waals surface area (Å²) in [7, 11) is 1.38. The second-order valence-corrected chi connectivity index (χ2v) is 7.76. The number of benzene rings is 2. The quantitative estimate of drug-likeness (QED) is 0.645. The number of ether oxygens (including phenoxy) is 1. The third-order valence-corrected chi connectivity index (χ3v) is 5.72. The normalized spacial score (nSPS) is 15.9. The Kier molecular flexibility index (Phi) is 5.86. The van der Waals surface area contributed by atoms with Crippen molar-refractivity contribution in [2.24, 2.45) is 0 Å². The molecule has 1 aliphatic heterocycles. The van der Waals surface area contributed by atoms with Gasteiger partial charge in [-0.05, 0) is 43.5 Å². The minimum absolute atomic E-state index is 0.0868. The third kappa shape index (κ3) is 4.22.